The van der Waals surface area contributed by atoms with E-state index < -0.39 is 11.7 Å². The monoisotopic (exact) mass is 314 g/mol. The van der Waals surface area contributed by atoms with Gasteiger partial charge < -0.3 is 4.74 Å². The molecule has 0 unspecified atom stereocenters. The van der Waals surface area contributed by atoms with Crippen molar-refractivity contribution >= 4 is 17.9 Å². The lowest BCUT2D eigenvalue weighted by molar-refractivity contribution is -0.139. The minimum Gasteiger partial charge on any atom is -0.488 e. The van der Waals surface area contributed by atoms with E-state index in [2.05, 4.69) is 0 Å². The molecule has 0 saturated heterocycles. The molecule has 0 saturated carbocycles. The van der Waals surface area contributed by atoms with Crippen LogP contribution in [-0.4, -0.2) is 6.29 Å². The van der Waals surface area contributed by atoms with E-state index in [1.807, 2.05) is 0 Å². The van der Waals surface area contributed by atoms with Gasteiger partial charge in [0.2, 0.25) is 0 Å². The molecule has 0 amide bonds. The number of ether oxygens (including phenoxy) is 1. The van der Waals surface area contributed by atoms with Crippen LogP contribution in [-0.2, 0) is 12.8 Å². The van der Waals surface area contributed by atoms with Crippen LogP contribution in [0.25, 0.3) is 0 Å². The molecule has 0 heterocycles. The van der Waals surface area contributed by atoms with Crippen molar-refractivity contribution in [2.45, 2.75) is 12.8 Å². The molecule has 0 atom stereocenters. The zero-order valence-corrected chi connectivity index (χ0v) is 11.4. The summed E-state index contributed by atoms with van der Waals surface area (Å²) >= 11 is 5.72. The van der Waals surface area contributed by atoms with Crippen LogP contribution in [0.2, 0.25) is 5.02 Å². The molecule has 2 aromatic carbocycles. The SMILES string of the molecule is O=Cc1ccc(OCc2ccc(Cl)cc2)c(C(F)(F)F)c1. The maximum atomic E-state index is 12.9. The Labute approximate surface area is 124 Å². The zero-order chi connectivity index (χ0) is 15.5. The summed E-state index contributed by atoms with van der Waals surface area (Å²) in [6.07, 6.45) is -4.23. The quantitative estimate of drug-likeness (QED) is 0.761. The number of halogens is 4. The van der Waals surface area contributed by atoms with Crippen molar-refractivity contribution in [3.8, 4) is 5.75 Å². The Hall–Kier alpha value is -2.01. The van der Waals surface area contributed by atoms with Crippen LogP contribution in [0.4, 0.5) is 13.2 Å². The molecule has 0 aliphatic carbocycles. The van der Waals surface area contributed by atoms with E-state index in [4.69, 9.17) is 16.3 Å². The van der Waals surface area contributed by atoms with E-state index in [-0.39, 0.29) is 17.9 Å². The number of aldehydes is 1. The zero-order valence-electron chi connectivity index (χ0n) is 10.7. The molecule has 2 aromatic rings. The third-order valence-electron chi connectivity index (χ3n) is 2.75. The first-order valence-corrected chi connectivity index (χ1v) is 6.31. The first kappa shape index (κ1) is 15.4. The van der Waals surface area contributed by atoms with Crippen molar-refractivity contribution < 1.29 is 22.7 Å². The molecule has 0 fully saturated rings. The second-order valence-corrected chi connectivity index (χ2v) is 4.72. The van der Waals surface area contributed by atoms with E-state index in [9.17, 15) is 18.0 Å². The van der Waals surface area contributed by atoms with Gasteiger partial charge in [-0.1, -0.05) is 23.7 Å². The standard InChI is InChI=1S/C15H10ClF3O2/c16-12-4-1-10(2-5-12)9-21-14-6-3-11(8-20)7-13(14)15(17,18)19/h1-8H,9H2. The van der Waals surface area contributed by atoms with Crippen molar-refractivity contribution in [3.63, 3.8) is 0 Å². The van der Waals surface area contributed by atoms with Crippen LogP contribution in [0.1, 0.15) is 21.5 Å². The number of carbonyl (C=O) groups is 1. The maximum Gasteiger partial charge on any atom is 0.419 e. The average molecular weight is 315 g/mol. The lowest BCUT2D eigenvalue weighted by Crippen LogP contribution is -2.09. The van der Waals surface area contributed by atoms with Crippen LogP contribution in [0.5, 0.6) is 5.75 Å². The molecule has 0 aromatic heterocycles. The van der Waals surface area contributed by atoms with Gasteiger partial charge in [0.15, 0.2) is 0 Å². The predicted octanol–water partition coefficient (Wildman–Crippen LogP) is 4.75. The van der Waals surface area contributed by atoms with Crippen molar-refractivity contribution in [2.24, 2.45) is 0 Å². The Balaban J connectivity index is 2.23. The van der Waals surface area contributed by atoms with E-state index >= 15 is 0 Å². The number of rotatable bonds is 4. The summed E-state index contributed by atoms with van der Waals surface area (Å²) in [4.78, 5) is 10.6. The Morgan fingerprint density at radius 3 is 2.33 bits per heavy atom. The molecular weight excluding hydrogens is 305 g/mol. The second kappa shape index (κ2) is 6.18. The summed E-state index contributed by atoms with van der Waals surface area (Å²) in [6, 6.07) is 9.76. The molecule has 0 radical (unpaired) electrons. The molecular formula is C15H10ClF3O2. The fourth-order valence-electron chi connectivity index (χ4n) is 1.71. The molecule has 21 heavy (non-hydrogen) atoms. The summed E-state index contributed by atoms with van der Waals surface area (Å²) in [7, 11) is 0. The topological polar surface area (TPSA) is 26.3 Å². The van der Waals surface area contributed by atoms with Gasteiger partial charge >= 0.3 is 6.18 Å². The molecule has 0 spiro atoms. The molecule has 0 bridgehead atoms. The molecule has 0 N–H and O–H groups in total. The largest absolute Gasteiger partial charge is 0.488 e. The van der Waals surface area contributed by atoms with Gasteiger partial charge in [-0.2, -0.15) is 13.2 Å². The molecule has 110 valence electrons. The summed E-state index contributed by atoms with van der Waals surface area (Å²) in [6.45, 7) is -0.0271. The number of hydrogen-bond acceptors (Lipinski definition) is 2. The van der Waals surface area contributed by atoms with E-state index in [0.717, 1.165) is 12.1 Å². The molecule has 2 nitrogen and oxygen atoms in total. The van der Waals surface area contributed by atoms with E-state index in [1.165, 1.54) is 6.07 Å². The smallest absolute Gasteiger partial charge is 0.419 e. The van der Waals surface area contributed by atoms with Gasteiger partial charge in [-0.05, 0) is 35.9 Å². The highest BCUT2D eigenvalue weighted by Crippen LogP contribution is 2.37. The van der Waals surface area contributed by atoms with Gasteiger partial charge in [-0.25, -0.2) is 0 Å². The van der Waals surface area contributed by atoms with Gasteiger partial charge in [0.05, 0.1) is 5.56 Å². The van der Waals surface area contributed by atoms with Crippen LogP contribution < -0.4 is 4.74 Å². The predicted molar refractivity (Wildman–Crippen MR) is 72.6 cm³/mol. The van der Waals surface area contributed by atoms with Crippen LogP contribution >= 0.6 is 11.6 Å². The fraction of sp³-hybridized carbons (Fsp3) is 0.133. The minimum atomic E-state index is -4.59. The third kappa shape index (κ3) is 3.98. The van der Waals surface area contributed by atoms with Gasteiger partial charge in [0.25, 0.3) is 0 Å². The number of benzene rings is 2. The van der Waals surface area contributed by atoms with E-state index in [0.29, 0.717) is 16.9 Å². The normalized spacial score (nSPS) is 11.2. The first-order valence-electron chi connectivity index (χ1n) is 5.94. The second-order valence-electron chi connectivity index (χ2n) is 4.29. The van der Waals surface area contributed by atoms with Crippen molar-refractivity contribution in [3.05, 3.63) is 64.2 Å². The first-order chi connectivity index (χ1) is 9.90. The Morgan fingerprint density at radius 1 is 1.10 bits per heavy atom. The van der Waals surface area contributed by atoms with Crippen LogP contribution in [0.15, 0.2) is 42.5 Å². The van der Waals surface area contributed by atoms with Crippen molar-refractivity contribution in [1.29, 1.82) is 0 Å². The van der Waals surface area contributed by atoms with Crippen LogP contribution in [0, 0.1) is 0 Å². The van der Waals surface area contributed by atoms with Crippen LogP contribution in [0.3, 0.4) is 0 Å². The van der Waals surface area contributed by atoms with E-state index in [1.54, 1.807) is 24.3 Å². The third-order valence-corrected chi connectivity index (χ3v) is 3.00. The number of hydrogen-bond donors (Lipinski definition) is 0. The van der Waals surface area contributed by atoms with Crippen molar-refractivity contribution in [1.82, 2.24) is 0 Å². The number of alkyl halides is 3. The lowest BCUT2D eigenvalue weighted by atomic mass is 10.1. The van der Waals surface area contributed by atoms with Crippen molar-refractivity contribution in [2.75, 3.05) is 0 Å². The molecule has 0 aliphatic heterocycles. The highest BCUT2D eigenvalue weighted by Gasteiger charge is 2.34. The Kier molecular flexibility index (Phi) is 4.53. The van der Waals surface area contributed by atoms with Gasteiger partial charge in [0.1, 0.15) is 18.6 Å². The number of carbonyl (C=O) groups excluding carboxylic acids is 1. The maximum absolute atomic E-state index is 12.9. The molecule has 2 rings (SSSR count). The highest BCUT2D eigenvalue weighted by molar-refractivity contribution is 6.30. The average Bonchev–Trinajstić information content (AvgIpc) is 2.45. The molecule has 0 aliphatic rings. The highest BCUT2D eigenvalue weighted by atomic mass is 35.5. The minimum absolute atomic E-state index is 0.0271. The summed E-state index contributed by atoms with van der Waals surface area (Å²) in [5.41, 5.74) is -0.339. The van der Waals surface area contributed by atoms with Gasteiger partial charge in [-0.15, -0.1) is 0 Å². The summed E-state index contributed by atoms with van der Waals surface area (Å²) in [5, 5.41) is 0.532. The summed E-state index contributed by atoms with van der Waals surface area (Å²) < 4.78 is 44.0. The van der Waals surface area contributed by atoms with Gasteiger partial charge in [-0.3, -0.25) is 4.79 Å². The molecule has 6 heteroatoms. The summed E-state index contributed by atoms with van der Waals surface area (Å²) in [5.74, 6) is -0.317. The lowest BCUT2D eigenvalue weighted by Gasteiger charge is -2.14. The Morgan fingerprint density at radius 2 is 1.76 bits per heavy atom. The Bertz CT molecular complexity index is 636. The van der Waals surface area contributed by atoms with Gasteiger partial charge in [0, 0.05) is 10.6 Å². The fourth-order valence-corrected chi connectivity index (χ4v) is 1.84.